The van der Waals surface area contributed by atoms with Gasteiger partial charge in [-0.15, -0.1) is 12.4 Å². The highest BCUT2D eigenvalue weighted by molar-refractivity contribution is 6.30. The number of nitrogens with two attached hydrogens (primary N) is 1. The summed E-state index contributed by atoms with van der Waals surface area (Å²) in [5, 5.41) is 3.62. The van der Waals surface area contributed by atoms with Crippen molar-refractivity contribution in [1.82, 2.24) is 10.2 Å². The first-order chi connectivity index (χ1) is 9.13. The van der Waals surface area contributed by atoms with E-state index in [0.717, 1.165) is 31.5 Å². The summed E-state index contributed by atoms with van der Waals surface area (Å²) in [7, 11) is 0. The van der Waals surface area contributed by atoms with Crippen molar-refractivity contribution in [2.45, 2.75) is 25.4 Å². The quantitative estimate of drug-likeness (QED) is 0.890. The predicted molar refractivity (Wildman–Crippen MR) is 84.2 cm³/mol. The van der Waals surface area contributed by atoms with Gasteiger partial charge in [0.2, 0.25) is 5.91 Å². The highest BCUT2D eigenvalue weighted by atomic mass is 35.5. The number of piperidine rings is 1. The molecule has 0 bridgehead atoms. The van der Waals surface area contributed by atoms with Gasteiger partial charge in [0.15, 0.2) is 0 Å². The van der Waals surface area contributed by atoms with Crippen LogP contribution in [0.1, 0.15) is 18.4 Å². The third-order valence-electron chi connectivity index (χ3n) is 3.31. The lowest BCUT2D eigenvalue weighted by Crippen LogP contribution is -2.46. The predicted octanol–water partition coefficient (Wildman–Crippen LogP) is 1.80. The number of carbonyl (C=O) groups is 1. The van der Waals surface area contributed by atoms with E-state index in [0.29, 0.717) is 18.1 Å². The van der Waals surface area contributed by atoms with Gasteiger partial charge in [-0.1, -0.05) is 23.7 Å². The zero-order chi connectivity index (χ0) is 13.7. The molecule has 1 aliphatic rings. The molecule has 0 radical (unpaired) electrons. The van der Waals surface area contributed by atoms with Crippen LogP contribution in [0.25, 0.3) is 0 Å². The standard InChI is InChI=1S/C14H20ClN3O.ClH/c15-12-5-3-11(4-6-12)8-17-14(19)10-18-7-1-2-13(16)9-18;/h3-6,13H,1-2,7-10,16H2,(H,17,19);1H/t13-;/m1./s1. The van der Waals surface area contributed by atoms with Gasteiger partial charge in [0.25, 0.3) is 0 Å². The van der Waals surface area contributed by atoms with E-state index in [2.05, 4.69) is 10.2 Å². The highest BCUT2D eigenvalue weighted by Crippen LogP contribution is 2.09. The number of hydrogen-bond donors (Lipinski definition) is 2. The van der Waals surface area contributed by atoms with Crippen LogP contribution in [-0.4, -0.2) is 36.5 Å². The van der Waals surface area contributed by atoms with Crippen LogP contribution >= 0.6 is 24.0 Å². The number of amides is 1. The second-order valence-corrected chi connectivity index (χ2v) is 5.48. The minimum atomic E-state index is 0. The Morgan fingerprint density at radius 1 is 1.40 bits per heavy atom. The van der Waals surface area contributed by atoms with Crippen LogP contribution in [0.15, 0.2) is 24.3 Å². The molecule has 0 unspecified atom stereocenters. The molecule has 1 aromatic carbocycles. The molecule has 0 spiro atoms. The Hall–Kier alpha value is -0.810. The average molecular weight is 318 g/mol. The maximum Gasteiger partial charge on any atom is 0.234 e. The summed E-state index contributed by atoms with van der Waals surface area (Å²) in [5.74, 6) is 0.0454. The van der Waals surface area contributed by atoms with E-state index in [1.54, 1.807) is 0 Å². The van der Waals surface area contributed by atoms with Crippen LogP contribution in [-0.2, 0) is 11.3 Å². The lowest BCUT2D eigenvalue weighted by molar-refractivity contribution is -0.122. The second-order valence-electron chi connectivity index (χ2n) is 5.04. The molecule has 1 fully saturated rings. The minimum absolute atomic E-state index is 0. The molecular formula is C14H21Cl2N3O. The summed E-state index contributed by atoms with van der Waals surface area (Å²) in [6.07, 6.45) is 2.13. The summed E-state index contributed by atoms with van der Waals surface area (Å²) < 4.78 is 0. The van der Waals surface area contributed by atoms with E-state index in [-0.39, 0.29) is 24.4 Å². The fraction of sp³-hybridized carbons (Fsp3) is 0.500. The van der Waals surface area contributed by atoms with E-state index < -0.39 is 0 Å². The van der Waals surface area contributed by atoms with Crippen molar-refractivity contribution in [3.05, 3.63) is 34.9 Å². The molecule has 1 saturated heterocycles. The SMILES string of the molecule is Cl.N[C@@H]1CCCN(CC(=O)NCc2ccc(Cl)cc2)C1. The average Bonchev–Trinajstić information content (AvgIpc) is 2.38. The summed E-state index contributed by atoms with van der Waals surface area (Å²) in [4.78, 5) is 14.0. The van der Waals surface area contributed by atoms with Gasteiger partial charge in [-0.05, 0) is 37.1 Å². The van der Waals surface area contributed by atoms with E-state index in [4.69, 9.17) is 17.3 Å². The molecule has 1 aromatic rings. The molecular weight excluding hydrogens is 297 g/mol. The molecule has 1 amide bonds. The Morgan fingerprint density at radius 2 is 2.10 bits per heavy atom. The molecule has 0 aliphatic carbocycles. The maximum absolute atomic E-state index is 11.8. The molecule has 4 nitrogen and oxygen atoms in total. The Morgan fingerprint density at radius 3 is 2.75 bits per heavy atom. The van der Waals surface area contributed by atoms with E-state index >= 15 is 0 Å². The van der Waals surface area contributed by atoms with E-state index in [9.17, 15) is 4.79 Å². The lowest BCUT2D eigenvalue weighted by Gasteiger charge is -2.29. The molecule has 0 saturated carbocycles. The van der Waals surface area contributed by atoms with E-state index in [1.165, 1.54) is 0 Å². The Kier molecular flexibility index (Phi) is 7.30. The third kappa shape index (κ3) is 5.67. The van der Waals surface area contributed by atoms with Gasteiger partial charge < -0.3 is 11.1 Å². The smallest absolute Gasteiger partial charge is 0.234 e. The number of likely N-dealkylation sites (tertiary alicyclic amines) is 1. The zero-order valence-electron chi connectivity index (χ0n) is 11.3. The van der Waals surface area contributed by atoms with Crippen LogP contribution in [0.5, 0.6) is 0 Å². The topological polar surface area (TPSA) is 58.4 Å². The Balaban J connectivity index is 0.00000200. The number of rotatable bonds is 4. The highest BCUT2D eigenvalue weighted by Gasteiger charge is 2.18. The molecule has 112 valence electrons. The number of carbonyl (C=O) groups excluding carboxylic acids is 1. The van der Waals surface area contributed by atoms with Gasteiger partial charge in [-0.2, -0.15) is 0 Å². The van der Waals surface area contributed by atoms with Crippen LogP contribution in [0.4, 0.5) is 0 Å². The number of nitrogens with one attached hydrogen (secondary N) is 1. The summed E-state index contributed by atoms with van der Waals surface area (Å²) in [6.45, 7) is 2.74. The third-order valence-corrected chi connectivity index (χ3v) is 3.56. The number of nitrogens with zero attached hydrogens (tertiary/aromatic N) is 1. The number of halogens is 2. The second kappa shape index (κ2) is 8.47. The van der Waals surface area contributed by atoms with E-state index in [1.807, 2.05) is 24.3 Å². The van der Waals surface area contributed by atoms with Crippen LogP contribution in [0.2, 0.25) is 5.02 Å². The molecule has 2 rings (SSSR count). The normalized spacial score (nSPS) is 19.2. The minimum Gasteiger partial charge on any atom is -0.351 e. The van der Waals surface area contributed by atoms with Crippen molar-refractivity contribution in [3.63, 3.8) is 0 Å². The molecule has 6 heteroatoms. The van der Waals surface area contributed by atoms with Crippen LogP contribution in [0.3, 0.4) is 0 Å². The molecule has 1 aliphatic heterocycles. The molecule has 1 atom stereocenters. The first kappa shape index (κ1) is 17.2. The van der Waals surface area contributed by atoms with Crippen molar-refractivity contribution in [2.24, 2.45) is 5.73 Å². The van der Waals surface area contributed by atoms with Gasteiger partial charge in [0.1, 0.15) is 0 Å². The summed E-state index contributed by atoms with van der Waals surface area (Å²) in [5.41, 5.74) is 6.94. The van der Waals surface area contributed by atoms with Crippen molar-refractivity contribution in [1.29, 1.82) is 0 Å². The maximum atomic E-state index is 11.8. The van der Waals surface area contributed by atoms with Gasteiger partial charge in [0, 0.05) is 24.2 Å². The van der Waals surface area contributed by atoms with Crippen molar-refractivity contribution in [3.8, 4) is 0 Å². The van der Waals surface area contributed by atoms with Crippen LogP contribution in [0, 0.1) is 0 Å². The zero-order valence-corrected chi connectivity index (χ0v) is 12.9. The van der Waals surface area contributed by atoms with Crippen LogP contribution < -0.4 is 11.1 Å². The first-order valence-corrected chi connectivity index (χ1v) is 7.00. The summed E-state index contributed by atoms with van der Waals surface area (Å²) >= 11 is 5.81. The molecule has 0 aromatic heterocycles. The number of hydrogen-bond acceptors (Lipinski definition) is 3. The van der Waals surface area contributed by atoms with Gasteiger partial charge in [-0.3, -0.25) is 9.69 Å². The Labute approximate surface area is 131 Å². The fourth-order valence-corrected chi connectivity index (χ4v) is 2.42. The molecule has 1 heterocycles. The monoisotopic (exact) mass is 317 g/mol. The summed E-state index contributed by atoms with van der Waals surface area (Å²) in [6, 6.07) is 7.69. The number of benzene rings is 1. The first-order valence-electron chi connectivity index (χ1n) is 6.62. The van der Waals surface area contributed by atoms with Crippen molar-refractivity contribution < 1.29 is 4.79 Å². The fourth-order valence-electron chi connectivity index (χ4n) is 2.30. The van der Waals surface area contributed by atoms with Gasteiger partial charge in [-0.25, -0.2) is 0 Å². The van der Waals surface area contributed by atoms with Crippen molar-refractivity contribution in [2.75, 3.05) is 19.6 Å². The Bertz CT molecular complexity index is 425. The van der Waals surface area contributed by atoms with Gasteiger partial charge >= 0.3 is 0 Å². The molecule has 20 heavy (non-hydrogen) atoms. The largest absolute Gasteiger partial charge is 0.351 e. The lowest BCUT2D eigenvalue weighted by atomic mass is 10.1. The van der Waals surface area contributed by atoms with Gasteiger partial charge in [0.05, 0.1) is 6.54 Å². The molecule has 3 N–H and O–H groups in total. The van der Waals surface area contributed by atoms with Crippen molar-refractivity contribution >= 4 is 29.9 Å².